The second kappa shape index (κ2) is 9.43. The Hall–Kier alpha value is -2.77. The molecule has 0 aliphatic carbocycles. The van der Waals surface area contributed by atoms with Gasteiger partial charge >= 0.3 is 12.2 Å². The van der Waals surface area contributed by atoms with Gasteiger partial charge in [-0.15, -0.1) is 0 Å². The smallest absolute Gasteiger partial charge is 0.426 e. The van der Waals surface area contributed by atoms with Crippen molar-refractivity contribution in [3.05, 3.63) is 35.9 Å². The predicted molar refractivity (Wildman–Crippen MR) is 103 cm³/mol. The summed E-state index contributed by atoms with van der Waals surface area (Å²) in [7, 11) is 0. The fourth-order valence-electron chi connectivity index (χ4n) is 2.83. The van der Waals surface area contributed by atoms with E-state index in [4.69, 9.17) is 9.47 Å². The average molecular weight is 391 g/mol. The number of rotatable bonds is 4. The van der Waals surface area contributed by atoms with E-state index in [2.05, 4.69) is 5.43 Å². The van der Waals surface area contributed by atoms with Crippen LogP contribution >= 0.6 is 0 Å². The molecule has 0 saturated carbocycles. The van der Waals surface area contributed by atoms with Crippen LogP contribution in [-0.2, 0) is 20.9 Å². The maximum Gasteiger partial charge on any atom is 0.426 e. The largest absolute Gasteiger partial charge is 0.444 e. The Bertz CT molecular complexity index is 687. The molecule has 28 heavy (non-hydrogen) atoms. The first kappa shape index (κ1) is 21.5. The summed E-state index contributed by atoms with van der Waals surface area (Å²) in [6.07, 6.45) is -0.600. The highest BCUT2D eigenvalue weighted by Gasteiger charge is 2.35. The van der Waals surface area contributed by atoms with Gasteiger partial charge in [-0.25, -0.2) is 15.0 Å². The number of hydrogen-bond acceptors (Lipinski definition) is 5. The van der Waals surface area contributed by atoms with Crippen LogP contribution in [0.4, 0.5) is 9.59 Å². The van der Waals surface area contributed by atoms with Gasteiger partial charge < -0.3 is 14.4 Å². The summed E-state index contributed by atoms with van der Waals surface area (Å²) in [5, 5.41) is 1.23. The van der Waals surface area contributed by atoms with Crippen LogP contribution < -0.4 is 5.43 Å². The van der Waals surface area contributed by atoms with Crippen LogP contribution in [0, 0.1) is 5.92 Å². The number of hydrogen-bond donors (Lipinski definition) is 1. The molecule has 8 heteroatoms. The van der Waals surface area contributed by atoms with Gasteiger partial charge in [0.15, 0.2) is 0 Å². The Morgan fingerprint density at radius 2 is 1.89 bits per heavy atom. The number of carbonyl (C=O) groups excluding carboxylic acids is 3. The van der Waals surface area contributed by atoms with E-state index in [-0.39, 0.29) is 25.0 Å². The Labute approximate surface area is 165 Å². The van der Waals surface area contributed by atoms with E-state index >= 15 is 0 Å². The van der Waals surface area contributed by atoms with Crippen molar-refractivity contribution in [3.8, 4) is 0 Å². The van der Waals surface area contributed by atoms with E-state index in [9.17, 15) is 14.4 Å². The number of hydrazine groups is 1. The van der Waals surface area contributed by atoms with Crippen molar-refractivity contribution in [2.45, 2.75) is 46.3 Å². The van der Waals surface area contributed by atoms with Gasteiger partial charge in [0.05, 0.1) is 5.92 Å². The summed E-state index contributed by atoms with van der Waals surface area (Å²) in [6.45, 7) is 8.28. The lowest BCUT2D eigenvalue weighted by molar-refractivity contribution is -0.137. The van der Waals surface area contributed by atoms with E-state index in [1.54, 1.807) is 27.7 Å². The van der Waals surface area contributed by atoms with Crippen molar-refractivity contribution >= 4 is 18.1 Å². The molecule has 1 aromatic rings. The molecule has 0 aromatic heterocycles. The van der Waals surface area contributed by atoms with Gasteiger partial charge in [0.1, 0.15) is 12.2 Å². The van der Waals surface area contributed by atoms with Gasteiger partial charge in [0.2, 0.25) is 5.91 Å². The molecule has 1 aliphatic rings. The van der Waals surface area contributed by atoms with Gasteiger partial charge in [-0.3, -0.25) is 9.80 Å². The quantitative estimate of drug-likeness (QED) is 0.798. The van der Waals surface area contributed by atoms with E-state index in [1.807, 2.05) is 30.3 Å². The maximum absolute atomic E-state index is 12.7. The molecule has 0 spiro atoms. The summed E-state index contributed by atoms with van der Waals surface area (Å²) < 4.78 is 10.5. The normalized spacial score (nSPS) is 16.4. The summed E-state index contributed by atoms with van der Waals surface area (Å²) in [6, 6.07) is 9.28. The van der Waals surface area contributed by atoms with Crippen LogP contribution in [0.25, 0.3) is 0 Å². The first-order chi connectivity index (χ1) is 13.2. The highest BCUT2D eigenvalue weighted by atomic mass is 16.6. The number of nitrogens with one attached hydrogen (secondary N) is 1. The third-order valence-corrected chi connectivity index (χ3v) is 4.21. The van der Waals surface area contributed by atoms with E-state index < -0.39 is 17.8 Å². The van der Waals surface area contributed by atoms with Crippen LogP contribution in [0.2, 0.25) is 0 Å². The maximum atomic E-state index is 12.7. The van der Waals surface area contributed by atoms with Crippen molar-refractivity contribution in [2.75, 3.05) is 19.6 Å². The van der Waals surface area contributed by atoms with E-state index in [1.165, 1.54) is 9.91 Å². The summed E-state index contributed by atoms with van der Waals surface area (Å²) in [5.74, 6) is -0.632. The number of amides is 3. The van der Waals surface area contributed by atoms with Crippen molar-refractivity contribution in [1.29, 1.82) is 0 Å². The van der Waals surface area contributed by atoms with Gasteiger partial charge in [-0.1, -0.05) is 30.3 Å². The molecule has 154 valence electrons. The van der Waals surface area contributed by atoms with Crippen LogP contribution in [-0.4, -0.2) is 53.2 Å². The second-order valence-electron chi connectivity index (χ2n) is 7.67. The van der Waals surface area contributed by atoms with Crippen LogP contribution in [0.5, 0.6) is 0 Å². The Morgan fingerprint density at radius 1 is 1.21 bits per heavy atom. The summed E-state index contributed by atoms with van der Waals surface area (Å²) >= 11 is 0. The second-order valence-corrected chi connectivity index (χ2v) is 7.67. The first-order valence-corrected chi connectivity index (χ1v) is 9.46. The minimum atomic E-state index is -0.693. The molecule has 3 amide bonds. The molecular formula is C20H29N3O5. The lowest BCUT2D eigenvalue weighted by Crippen LogP contribution is -2.49. The molecule has 0 bridgehead atoms. The molecule has 1 fully saturated rings. The Balaban J connectivity index is 1.84. The van der Waals surface area contributed by atoms with Gasteiger partial charge in [-0.05, 0) is 39.7 Å². The predicted octanol–water partition coefficient (Wildman–Crippen LogP) is 2.93. The standard InChI is InChI=1S/C20H29N3O5/c1-5-23(21-18(25)27-14-15-9-7-6-8-10-15)17(24)16-11-12-22(13-16)19(26)28-20(2,3)4/h6-10,16H,5,11-14H2,1-4H3,(H,21,25). The fraction of sp³-hybridized carbons (Fsp3) is 0.550. The molecule has 1 aromatic carbocycles. The number of likely N-dealkylation sites (tertiary alicyclic amines) is 1. The van der Waals surface area contributed by atoms with Gasteiger partial charge in [-0.2, -0.15) is 0 Å². The molecule has 1 N–H and O–H groups in total. The van der Waals surface area contributed by atoms with Crippen LogP contribution in [0.15, 0.2) is 30.3 Å². The Kier molecular flexibility index (Phi) is 7.25. The zero-order valence-electron chi connectivity index (χ0n) is 16.9. The summed E-state index contributed by atoms with van der Waals surface area (Å²) in [5.41, 5.74) is 2.76. The van der Waals surface area contributed by atoms with E-state index in [0.717, 1.165) is 5.56 Å². The molecular weight excluding hydrogens is 362 g/mol. The lowest BCUT2D eigenvalue weighted by Gasteiger charge is -2.26. The minimum absolute atomic E-state index is 0.119. The highest BCUT2D eigenvalue weighted by Crippen LogP contribution is 2.21. The minimum Gasteiger partial charge on any atom is -0.444 e. The molecule has 0 radical (unpaired) electrons. The first-order valence-electron chi connectivity index (χ1n) is 9.46. The number of benzene rings is 1. The average Bonchev–Trinajstić information content (AvgIpc) is 3.14. The molecule has 2 rings (SSSR count). The molecule has 1 unspecified atom stereocenters. The summed E-state index contributed by atoms with van der Waals surface area (Å²) in [4.78, 5) is 38.4. The molecule has 1 heterocycles. The fourth-order valence-corrected chi connectivity index (χ4v) is 2.83. The molecule has 1 aliphatic heterocycles. The number of ether oxygens (including phenoxy) is 2. The van der Waals surface area contributed by atoms with Crippen molar-refractivity contribution in [1.82, 2.24) is 15.3 Å². The van der Waals surface area contributed by atoms with Gasteiger partial charge in [0.25, 0.3) is 0 Å². The van der Waals surface area contributed by atoms with E-state index in [0.29, 0.717) is 19.5 Å². The van der Waals surface area contributed by atoms with Crippen molar-refractivity contribution < 1.29 is 23.9 Å². The number of carbonyl (C=O) groups is 3. The monoisotopic (exact) mass is 391 g/mol. The van der Waals surface area contributed by atoms with Crippen LogP contribution in [0.3, 0.4) is 0 Å². The van der Waals surface area contributed by atoms with Crippen molar-refractivity contribution in [3.63, 3.8) is 0 Å². The topological polar surface area (TPSA) is 88.2 Å². The number of nitrogens with zero attached hydrogens (tertiary/aromatic N) is 2. The zero-order valence-corrected chi connectivity index (χ0v) is 16.9. The molecule has 1 atom stereocenters. The molecule has 8 nitrogen and oxygen atoms in total. The SMILES string of the molecule is CCN(NC(=O)OCc1ccccc1)C(=O)C1CCN(C(=O)OC(C)(C)C)C1. The third-order valence-electron chi connectivity index (χ3n) is 4.21. The third kappa shape index (κ3) is 6.44. The van der Waals surface area contributed by atoms with Crippen molar-refractivity contribution in [2.24, 2.45) is 5.92 Å². The Morgan fingerprint density at radius 3 is 2.50 bits per heavy atom. The van der Waals surface area contributed by atoms with Crippen LogP contribution in [0.1, 0.15) is 39.7 Å². The zero-order chi connectivity index (χ0) is 20.7. The molecule has 1 saturated heterocycles. The lowest BCUT2D eigenvalue weighted by atomic mass is 10.1. The van der Waals surface area contributed by atoms with Gasteiger partial charge in [0, 0.05) is 19.6 Å². The highest BCUT2D eigenvalue weighted by molar-refractivity contribution is 5.82.